The molecule has 0 aliphatic carbocycles. The van der Waals surface area contributed by atoms with Crippen LogP contribution in [-0.2, 0) is 0 Å². The molecule has 0 radical (unpaired) electrons. The number of piperidine rings is 1. The normalized spacial score (nSPS) is 17.4. The number of piperazine rings is 1. The van der Waals surface area contributed by atoms with Crippen molar-refractivity contribution < 1.29 is 9.53 Å². The number of carbonyl (C=O) groups is 1. The lowest BCUT2D eigenvalue weighted by Crippen LogP contribution is -2.48. The van der Waals surface area contributed by atoms with Crippen molar-refractivity contribution in [1.82, 2.24) is 9.80 Å². The van der Waals surface area contributed by atoms with Crippen LogP contribution in [0.15, 0.2) is 42.5 Å². The molecular formula is C25H31Cl2N3O2. The molecule has 2 aromatic carbocycles. The Hall–Kier alpha value is -1.95. The summed E-state index contributed by atoms with van der Waals surface area (Å²) in [7, 11) is 0. The number of halogens is 2. The second-order valence-corrected chi connectivity index (χ2v) is 9.41. The van der Waals surface area contributed by atoms with Crippen LogP contribution in [0.25, 0.3) is 0 Å². The predicted molar refractivity (Wildman–Crippen MR) is 131 cm³/mol. The monoisotopic (exact) mass is 475 g/mol. The highest BCUT2D eigenvalue weighted by molar-refractivity contribution is 6.35. The van der Waals surface area contributed by atoms with Crippen LogP contribution in [0.5, 0.6) is 5.75 Å². The Morgan fingerprint density at radius 3 is 2.16 bits per heavy atom. The first-order chi connectivity index (χ1) is 15.6. The standard InChI is InChI=1S/C25H31Cl2N3O2/c26-21-17-20(18-22(27)19-21)25(31)30-14-12-29(13-15-30)23-5-7-24(8-6-23)32-16-4-11-28-9-2-1-3-10-28/h5-8,17-19H,1-4,9-16H2. The van der Waals surface area contributed by atoms with Crippen LogP contribution in [0, 0.1) is 0 Å². The highest BCUT2D eigenvalue weighted by Gasteiger charge is 2.23. The van der Waals surface area contributed by atoms with Gasteiger partial charge in [-0.15, -0.1) is 0 Å². The minimum atomic E-state index is -0.0256. The van der Waals surface area contributed by atoms with Gasteiger partial charge in [-0.05, 0) is 74.8 Å². The Morgan fingerprint density at radius 2 is 1.50 bits per heavy atom. The smallest absolute Gasteiger partial charge is 0.254 e. The SMILES string of the molecule is O=C(c1cc(Cl)cc(Cl)c1)N1CCN(c2ccc(OCCCN3CCCCC3)cc2)CC1. The number of carbonyl (C=O) groups excluding carboxylic acids is 1. The van der Waals surface area contributed by atoms with Crippen molar-refractivity contribution >= 4 is 34.8 Å². The van der Waals surface area contributed by atoms with E-state index in [-0.39, 0.29) is 5.91 Å². The van der Waals surface area contributed by atoms with Gasteiger partial charge in [-0.1, -0.05) is 29.6 Å². The fourth-order valence-corrected chi connectivity index (χ4v) is 4.97. The number of benzene rings is 2. The van der Waals surface area contributed by atoms with Gasteiger partial charge in [0.2, 0.25) is 0 Å². The van der Waals surface area contributed by atoms with E-state index < -0.39 is 0 Å². The Morgan fingerprint density at radius 1 is 0.844 bits per heavy atom. The lowest BCUT2D eigenvalue weighted by atomic mass is 10.1. The van der Waals surface area contributed by atoms with Crippen molar-refractivity contribution in [3.8, 4) is 5.75 Å². The molecule has 4 rings (SSSR count). The fraction of sp³-hybridized carbons (Fsp3) is 0.480. The number of hydrogen-bond donors (Lipinski definition) is 0. The summed E-state index contributed by atoms with van der Waals surface area (Å²) in [6.07, 6.45) is 5.11. The highest BCUT2D eigenvalue weighted by atomic mass is 35.5. The molecule has 5 nitrogen and oxygen atoms in total. The molecule has 7 heteroatoms. The molecule has 2 aliphatic heterocycles. The minimum absolute atomic E-state index is 0.0256. The highest BCUT2D eigenvalue weighted by Crippen LogP contribution is 2.23. The van der Waals surface area contributed by atoms with Gasteiger partial charge in [0, 0.05) is 54.0 Å². The molecule has 0 N–H and O–H groups in total. The molecule has 2 aromatic rings. The third-order valence-corrected chi connectivity index (χ3v) is 6.65. The zero-order chi connectivity index (χ0) is 22.3. The molecule has 0 aromatic heterocycles. The summed E-state index contributed by atoms with van der Waals surface area (Å²) in [5.41, 5.74) is 1.70. The molecule has 2 fully saturated rings. The number of amides is 1. The lowest BCUT2D eigenvalue weighted by molar-refractivity contribution is 0.0747. The van der Waals surface area contributed by atoms with Crippen LogP contribution in [0.2, 0.25) is 10.0 Å². The second kappa shape index (κ2) is 11.3. The zero-order valence-corrected chi connectivity index (χ0v) is 20.0. The summed E-state index contributed by atoms with van der Waals surface area (Å²) in [5.74, 6) is 0.890. The van der Waals surface area contributed by atoms with Crippen LogP contribution in [0.1, 0.15) is 36.0 Å². The predicted octanol–water partition coefficient (Wildman–Crippen LogP) is 5.21. The third-order valence-electron chi connectivity index (χ3n) is 6.21. The minimum Gasteiger partial charge on any atom is -0.494 e. The summed E-state index contributed by atoms with van der Waals surface area (Å²) in [6.45, 7) is 7.26. The average molecular weight is 476 g/mol. The molecular weight excluding hydrogens is 445 g/mol. The first-order valence-corrected chi connectivity index (χ1v) is 12.3. The van der Waals surface area contributed by atoms with Crippen LogP contribution in [-0.4, -0.2) is 68.1 Å². The van der Waals surface area contributed by atoms with Crippen molar-refractivity contribution in [3.05, 3.63) is 58.1 Å². The summed E-state index contributed by atoms with van der Waals surface area (Å²) in [5, 5.41) is 0.960. The first kappa shape index (κ1) is 23.2. The van der Waals surface area contributed by atoms with E-state index in [0.29, 0.717) is 28.7 Å². The van der Waals surface area contributed by atoms with E-state index in [1.165, 1.54) is 32.4 Å². The van der Waals surface area contributed by atoms with Gasteiger partial charge in [-0.2, -0.15) is 0 Å². The van der Waals surface area contributed by atoms with Crippen molar-refractivity contribution in [2.24, 2.45) is 0 Å². The van der Waals surface area contributed by atoms with E-state index in [1.54, 1.807) is 18.2 Å². The van der Waals surface area contributed by atoms with Gasteiger partial charge in [0.05, 0.1) is 6.61 Å². The summed E-state index contributed by atoms with van der Waals surface area (Å²) in [6, 6.07) is 13.3. The first-order valence-electron chi connectivity index (χ1n) is 11.5. The van der Waals surface area contributed by atoms with Crippen LogP contribution in [0.3, 0.4) is 0 Å². The van der Waals surface area contributed by atoms with Gasteiger partial charge in [0.1, 0.15) is 5.75 Å². The number of nitrogens with zero attached hydrogens (tertiary/aromatic N) is 3. The second-order valence-electron chi connectivity index (χ2n) is 8.54. The number of anilines is 1. The Kier molecular flexibility index (Phi) is 8.17. The van der Waals surface area contributed by atoms with E-state index in [9.17, 15) is 4.79 Å². The Labute approximate surface area is 200 Å². The molecule has 32 heavy (non-hydrogen) atoms. The van der Waals surface area contributed by atoms with Gasteiger partial charge in [0.25, 0.3) is 5.91 Å². The van der Waals surface area contributed by atoms with E-state index in [2.05, 4.69) is 21.9 Å². The number of rotatable bonds is 7. The number of ether oxygens (including phenoxy) is 1. The molecule has 2 heterocycles. The maximum atomic E-state index is 12.8. The van der Waals surface area contributed by atoms with Crippen molar-refractivity contribution in [1.29, 1.82) is 0 Å². The summed E-state index contributed by atoms with van der Waals surface area (Å²) < 4.78 is 5.94. The Balaban J connectivity index is 1.21. The van der Waals surface area contributed by atoms with Crippen LogP contribution in [0.4, 0.5) is 5.69 Å². The van der Waals surface area contributed by atoms with Crippen molar-refractivity contribution in [3.63, 3.8) is 0 Å². The molecule has 0 bridgehead atoms. The fourth-order valence-electron chi connectivity index (χ4n) is 4.44. The van der Waals surface area contributed by atoms with E-state index in [0.717, 1.165) is 44.1 Å². The molecule has 0 atom stereocenters. The van der Waals surface area contributed by atoms with E-state index in [1.807, 2.05) is 17.0 Å². The molecule has 2 saturated heterocycles. The van der Waals surface area contributed by atoms with E-state index in [4.69, 9.17) is 27.9 Å². The average Bonchev–Trinajstić information content (AvgIpc) is 2.82. The number of likely N-dealkylation sites (tertiary alicyclic amines) is 1. The van der Waals surface area contributed by atoms with Crippen molar-refractivity contribution in [2.45, 2.75) is 25.7 Å². The summed E-state index contributed by atoms with van der Waals surface area (Å²) >= 11 is 12.1. The summed E-state index contributed by atoms with van der Waals surface area (Å²) in [4.78, 5) is 19.5. The van der Waals surface area contributed by atoms with Gasteiger partial charge in [-0.3, -0.25) is 4.79 Å². The maximum absolute atomic E-state index is 12.8. The Bertz CT molecular complexity index is 872. The molecule has 0 spiro atoms. The van der Waals surface area contributed by atoms with Crippen molar-refractivity contribution in [2.75, 3.05) is 57.3 Å². The molecule has 1 amide bonds. The topological polar surface area (TPSA) is 36.0 Å². The molecule has 0 unspecified atom stereocenters. The van der Waals surface area contributed by atoms with Gasteiger partial charge in [-0.25, -0.2) is 0 Å². The molecule has 172 valence electrons. The maximum Gasteiger partial charge on any atom is 0.254 e. The van der Waals surface area contributed by atoms with Crippen LogP contribution < -0.4 is 9.64 Å². The van der Waals surface area contributed by atoms with E-state index >= 15 is 0 Å². The van der Waals surface area contributed by atoms with Gasteiger partial charge < -0.3 is 19.4 Å². The zero-order valence-electron chi connectivity index (χ0n) is 18.4. The quantitative estimate of drug-likeness (QED) is 0.514. The molecule has 2 aliphatic rings. The van der Waals surface area contributed by atoms with Crippen LogP contribution >= 0.6 is 23.2 Å². The van der Waals surface area contributed by atoms with Gasteiger partial charge in [0.15, 0.2) is 0 Å². The third kappa shape index (κ3) is 6.31. The lowest BCUT2D eigenvalue weighted by Gasteiger charge is -2.36. The largest absolute Gasteiger partial charge is 0.494 e. The molecule has 0 saturated carbocycles. The van der Waals surface area contributed by atoms with Gasteiger partial charge >= 0.3 is 0 Å². The number of hydrogen-bond acceptors (Lipinski definition) is 4.